The molecule has 4 aromatic heterocycles. The van der Waals surface area contributed by atoms with Gasteiger partial charge >= 0.3 is 12.1 Å². The summed E-state index contributed by atoms with van der Waals surface area (Å²) in [5, 5.41) is 29.4. The van der Waals surface area contributed by atoms with Crippen molar-refractivity contribution in [2.24, 2.45) is 18.9 Å². The molecule has 5 aromatic rings. The minimum atomic E-state index is -4.86. The minimum Gasteiger partial charge on any atom is -0.477 e. The fourth-order valence-corrected chi connectivity index (χ4v) is 9.07. The summed E-state index contributed by atoms with van der Waals surface area (Å²) >= 11 is 6.57. The number of carbonyl (C=O) groups excluding carboxylic acids is 3. The summed E-state index contributed by atoms with van der Waals surface area (Å²) < 4.78 is 45.7. The van der Waals surface area contributed by atoms with Crippen LogP contribution in [0.5, 0.6) is 0 Å². The van der Waals surface area contributed by atoms with E-state index < -0.39 is 23.7 Å². The molecule has 0 bridgehead atoms. The van der Waals surface area contributed by atoms with Gasteiger partial charge in [-0.1, -0.05) is 11.6 Å². The van der Waals surface area contributed by atoms with Crippen LogP contribution in [0.25, 0.3) is 28.0 Å². The molecule has 0 radical (unpaired) electrons. The van der Waals surface area contributed by atoms with Crippen LogP contribution in [0.1, 0.15) is 45.2 Å². The SMILES string of the molecule is Cn1c(-c2cn(-c3cc4[nH]c(CCO)cc4cn3)nc2C(F)(F)F)cnc1C(=O)Nc1ccc(C(=O)N2CCN(C(=O)C3CC[N+](CC(=O)O)(CC4CNC4)CC3)CC2)c(Cl)c1. The first-order chi connectivity index (χ1) is 29.6. The van der Waals surface area contributed by atoms with Gasteiger partial charge in [-0.05, 0) is 24.3 Å². The average Bonchev–Trinajstić information content (AvgIpc) is 3.95. The van der Waals surface area contributed by atoms with E-state index in [1.54, 1.807) is 21.9 Å². The van der Waals surface area contributed by atoms with E-state index in [-0.39, 0.29) is 70.1 Å². The number of anilines is 1. The summed E-state index contributed by atoms with van der Waals surface area (Å²) in [6.45, 7) is 5.13. The van der Waals surface area contributed by atoms with Crippen LogP contribution >= 0.6 is 11.6 Å². The van der Waals surface area contributed by atoms with E-state index >= 15 is 0 Å². The number of hydrogen-bond acceptors (Lipinski definition) is 9. The van der Waals surface area contributed by atoms with E-state index in [0.717, 1.165) is 36.2 Å². The third-order valence-corrected chi connectivity index (χ3v) is 12.5. The number of aliphatic hydroxyl groups excluding tert-OH is 1. The maximum absolute atomic E-state index is 14.3. The van der Waals surface area contributed by atoms with E-state index in [4.69, 9.17) is 11.6 Å². The molecule has 0 aliphatic carbocycles. The maximum Gasteiger partial charge on any atom is 0.435 e. The van der Waals surface area contributed by atoms with Gasteiger partial charge in [-0.25, -0.2) is 19.4 Å². The Bertz CT molecular complexity index is 2520. The Morgan fingerprint density at radius 3 is 2.37 bits per heavy atom. The number of aromatic amines is 1. The second-order valence-corrected chi connectivity index (χ2v) is 16.8. The number of aliphatic hydroxyl groups is 1. The summed E-state index contributed by atoms with van der Waals surface area (Å²) in [7, 11) is 1.40. The third kappa shape index (κ3) is 8.77. The lowest BCUT2D eigenvalue weighted by atomic mass is 9.90. The molecule has 17 nitrogen and oxygen atoms in total. The minimum absolute atomic E-state index is 0.0292. The standard InChI is InChI=1S/C41H45ClF3N11O6/c1-52-33(30-21-55(51-36(30)41(43,44)45)34-16-32-26(19-47-34)14-28(49-32)6-13-57)20-48-37(52)38(60)50-27-2-3-29(31(42)15-27)40(62)54-9-7-53(8-10-54)39(61)25-4-11-56(12-5-25,23-35(58)59)22-24-17-46-18-24/h2-3,14-16,19-21,24-25,46,57H,4-13,17-18,22-23H2,1H3,(H2-,47,49,50,58,59,60,62)/p+1. The molecule has 0 unspecified atom stereocenters. The number of rotatable bonds is 12. The van der Waals surface area contributed by atoms with Gasteiger partial charge in [0, 0.05) is 119 Å². The summed E-state index contributed by atoms with van der Waals surface area (Å²) in [6, 6.07) is 7.70. The Labute approximate surface area is 358 Å². The van der Waals surface area contributed by atoms with Crippen LogP contribution in [0.2, 0.25) is 5.02 Å². The average molecular weight is 881 g/mol. The maximum atomic E-state index is 14.3. The van der Waals surface area contributed by atoms with Gasteiger partial charge in [0.05, 0.1) is 53.2 Å². The first-order valence-electron chi connectivity index (χ1n) is 20.4. The Hall–Kier alpha value is -5.83. The lowest BCUT2D eigenvalue weighted by Crippen LogP contribution is -2.62. The third-order valence-electron chi connectivity index (χ3n) is 12.2. The molecule has 328 valence electrons. The zero-order valence-corrected chi connectivity index (χ0v) is 34.5. The van der Waals surface area contributed by atoms with E-state index in [2.05, 4.69) is 30.7 Å². The van der Waals surface area contributed by atoms with Crippen LogP contribution in [-0.2, 0) is 29.2 Å². The molecule has 3 fully saturated rings. The van der Waals surface area contributed by atoms with Crippen LogP contribution in [0, 0.1) is 11.8 Å². The van der Waals surface area contributed by atoms with Crippen molar-refractivity contribution in [2.45, 2.75) is 25.4 Å². The Morgan fingerprint density at radius 2 is 1.73 bits per heavy atom. The van der Waals surface area contributed by atoms with E-state index in [9.17, 15) is 42.6 Å². The van der Waals surface area contributed by atoms with Gasteiger partial charge in [-0.15, -0.1) is 0 Å². The number of aromatic nitrogens is 6. The number of halogens is 4. The first kappa shape index (κ1) is 42.8. The molecule has 62 heavy (non-hydrogen) atoms. The number of carboxylic acid groups (broad SMARTS) is 1. The number of alkyl halides is 3. The zero-order valence-electron chi connectivity index (χ0n) is 33.8. The number of nitrogens with zero attached hydrogens (tertiary/aromatic N) is 8. The number of fused-ring (bicyclic) bond motifs is 1. The van der Waals surface area contributed by atoms with E-state index in [1.165, 1.54) is 42.2 Å². The molecular weight excluding hydrogens is 835 g/mol. The highest BCUT2D eigenvalue weighted by Crippen LogP contribution is 2.37. The number of carbonyl (C=O) groups is 4. The summed E-state index contributed by atoms with van der Waals surface area (Å²) in [4.78, 5) is 67.1. The highest BCUT2D eigenvalue weighted by Gasteiger charge is 2.43. The van der Waals surface area contributed by atoms with Crippen molar-refractivity contribution in [3.05, 3.63) is 76.7 Å². The molecule has 8 rings (SSSR count). The number of aliphatic carboxylic acids is 1. The van der Waals surface area contributed by atoms with Gasteiger partial charge in [0.1, 0.15) is 0 Å². The number of pyridine rings is 1. The predicted molar refractivity (Wildman–Crippen MR) is 220 cm³/mol. The predicted octanol–water partition coefficient (Wildman–Crippen LogP) is 3.42. The Kier molecular flexibility index (Phi) is 11.8. The fraction of sp³-hybridized carbons (Fsp3) is 0.439. The number of hydrogen-bond donors (Lipinski definition) is 5. The topological polar surface area (TPSA) is 204 Å². The van der Waals surface area contributed by atoms with E-state index in [0.29, 0.717) is 79.8 Å². The van der Waals surface area contributed by atoms with Crippen molar-refractivity contribution in [1.29, 1.82) is 0 Å². The van der Waals surface area contributed by atoms with Gasteiger partial charge in [0.25, 0.3) is 11.8 Å². The van der Waals surface area contributed by atoms with Gasteiger partial charge in [-0.2, -0.15) is 18.3 Å². The number of benzene rings is 1. The van der Waals surface area contributed by atoms with Crippen LogP contribution in [0.15, 0.2) is 48.9 Å². The van der Waals surface area contributed by atoms with Gasteiger partial charge in [-0.3, -0.25) is 14.4 Å². The molecular formula is C41H46ClF3N11O6+. The zero-order chi connectivity index (χ0) is 43.9. The number of quaternary nitrogens is 1. The molecule has 0 spiro atoms. The largest absolute Gasteiger partial charge is 0.477 e. The summed E-state index contributed by atoms with van der Waals surface area (Å²) in [5.41, 5.74) is 0.180. The lowest BCUT2D eigenvalue weighted by molar-refractivity contribution is -0.929. The van der Waals surface area contributed by atoms with Crippen molar-refractivity contribution in [3.8, 4) is 17.1 Å². The first-order valence-corrected chi connectivity index (χ1v) is 20.7. The summed E-state index contributed by atoms with van der Waals surface area (Å²) in [6.07, 6.45) is 0.554. The number of piperazine rings is 1. The second-order valence-electron chi connectivity index (χ2n) is 16.3. The number of amides is 3. The number of piperidine rings is 1. The molecule has 0 atom stereocenters. The molecule has 3 aliphatic rings. The second kappa shape index (κ2) is 17.1. The van der Waals surface area contributed by atoms with Gasteiger partial charge in [0.2, 0.25) is 5.91 Å². The van der Waals surface area contributed by atoms with Crippen LogP contribution < -0.4 is 10.6 Å². The molecule has 3 amide bonds. The van der Waals surface area contributed by atoms with Gasteiger partial charge in [0.15, 0.2) is 23.9 Å². The summed E-state index contributed by atoms with van der Waals surface area (Å²) in [5.74, 6) is -1.72. The van der Waals surface area contributed by atoms with Gasteiger partial charge < -0.3 is 44.7 Å². The number of H-pyrrole nitrogens is 1. The quantitative estimate of drug-likeness (QED) is 0.116. The normalized spacial score (nSPS) is 19.7. The van der Waals surface area contributed by atoms with Crippen LogP contribution in [0.3, 0.4) is 0 Å². The van der Waals surface area contributed by atoms with Crippen molar-refractivity contribution < 1.29 is 47.0 Å². The van der Waals surface area contributed by atoms with Crippen molar-refractivity contribution in [3.63, 3.8) is 0 Å². The number of carboxylic acids is 1. The molecule has 7 heterocycles. The molecule has 3 saturated heterocycles. The van der Waals surface area contributed by atoms with Crippen LogP contribution in [0.4, 0.5) is 18.9 Å². The number of imidazole rings is 1. The Morgan fingerprint density at radius 1 is 1.00 bits per heavy atom. The van der Waals surface area contributed by atoms with E-state index in [1.807, 2.05) is 0 Å². The number of nitrogens with one attached hydrogen (secondary N) is 3. The van der Waals surface area contributed by atoms with Crippen molar-refractivity contribution >= 4 is 51.9 Å². The fourth-order valence-electron chi connectivity index (χ4n) is 8.81. The molecule has 5 N–H and O–H groups in total. The molecule has 1 aromatic carbocycles. The smallest absolute Gasteiger partial charge is 0.435 e. The number of likely N-dealkylation sites (tertiary alicyclic amines) is 1. The monoisotopic (exact) mass is 880 g/mol. The van der Waals surface area contributed by atoms with Crippen LogP contribution in [-0.4, -0.2) is 150 Å². The highest BCUT2D eigenvalue weighted by atomic mass is 35.5. The van der Waals surface area contributed by atoms with Crippen molar-refractivity contribution in [1.82, 2.24) is 44.4 Å². The molecule has 0 saturated carbocycles. The molecule has 21 heteroatoms. The highest BCUT2D eigenvalue weighted by molar-refractivity contribution is 6.34. The lowest BCUT2D eigenvalue weighted by Gasteiger charge is -2.46. The molecule has 3 aliphatic heterocycles. The Balaban J connectivity index is 0.888. The van der Waals surface area contributed by atoms with Crippen molar-refractivity contribution in [2.75, 3.05) is 77.4 Å².